The normalized spacial score (nSPS) is 22.2. The summed E-state index contributed by atoms with van der Waals surface area (Å²) >= 11 is 0. The third kappa shape index (κ3) is 3.40. The molecule has 4 aromatic rings. The molecule has 1 aliphatic rings. The number of nitrogens with zero attached hydrogens (tertiary/aromatic N) is 1. The van der Waals surface area contributed by atoms with Crippen molar-refractivity contribution in [1.82, 2.24) is 9.88 Å². The molecule has 1 unspecified atom stereocenters. The minimum atomic E-state index is -0.478. The van der Waals surface area contributed by atoms with Crippen molar-refractivity contribution in [2.45, 2.75) is 44.1 Å². The van der Waals surface area contributed by atoms with Crippen LogP contribution in [0, 0.1) is 0 Å². The Morgan fingerprint density at radius 3 is 2.45 bits per heavy atom. The Morgan fingerprint density at radius 2 is 1.66 bits per heavy atom. The van der Waals surface area contributed by atoms with Gasteiger partial charge in [-0.1, -0.05) is 36.4 Å². The summed E-state index contributed by atoms with van der Waals surface area (Å²) in [6, 6.07) is 19.2. The number of hydrogen-bond donors (Lipinski definition) is 3. The van der Waals surface area contributed by atoms with Crippen LogP contribution in [-0.4, -0.2) is 33.0 Å². The quantitative estimate of drug-likeness (QED) is 0.472. The van der Waals surface area contributed by atoms with Crippen LogP contribution in [0.4, 0.5) is 0 Å². The maximum absolute atomic E-state index is 10.2. The predicted molar refractivity (Wildman–Crippen MR) is 122 cm³/mol. The SMILES string of the molecule is Cl.Cn1c2ccc(CNC3[C@H](O)CCC[C@@H]3O)cc2c2c3ccccc3ccc21. The second-order valence-electron chi connectivity index (χ2n) is 8.06. The highest BCUT2D eigenvalue weighted by atomic mass is 35.5. The van der Waals surface area contributed by atoms with E-state index in [1.54, 1.807) is 0 Å². The number of benzene rings is 3. The van der Waals surface area contributed by atoms with Gasteiger partial charge in [0.05, 0.1) is 18.2 Å². The van der Waals surface area contributed by atoms with Crippen LogP contribution >= 0.6 is 12.4 Å². The Bertz CT molecular complexity index is 1160. The molecule has 0 amide bonds. The first-order valence-corrected chi connectivity index (χ1v) is 10.1. The molecule has 0 bridgehead atoms. The minimum Gasteiger partial charge on any atom is -0.391 e. The molecule has 0 radical (unpaired) electrons. The summed E-state index contributed by atoms with van der Waals surface area (Å²) < 4.78 is 2.25. The van der Waals surface area contributed by atoms with Crippen molar-refractivity contribution in [3.63, 3.8) is 0 Å². The van der Waals surface area contributed by atoms with Crippen molar-refractivity contribution in [2.75, 3.05) is 0 Å². The molecule has 4 nitrogen and oxygen atoms in total. The first kappa shape index (κ1) is 20.2. The topological polar surface area (TPSA) is 57.4 Å². The van der Waals surface area contributed by atoms with E-state index in [0.717, 1.165) is 24.8 Å². The lowest BCUT2D eigenvalue weighted by Crippen LogP contribution is -2.50. The van der Waals surface area contributed by atoms with Crippen LogP contribution in [0.1, 0.15) is 24.8 Å². The zero-order chi connectivity index (χ0) is 19.3. The van der Waals surface area contributed by atoms with Gasteiger partial charge in [-0.25, -0.2) is 0 Å². The van der Waals surface area contributed by atoms with Gasteiger partial charge in [0, 0.05) is 35.4 Å². The van der Waals surface area contributed by atoms with Gasteiger partial charge in [-0.05, 0) is 53.8 Å². The molecule has 1 heterocycles. The van der Waals surface area contributed by atoms with E-state index in [-0.39, 0.29) is 18.4 Å². The number of aromatic nitrogens is 1. The monoisotopic (exact) mass is 410 g/mol. The van der Waals surface area contributed by atoms with Crippen LogP contribution < -0.4 is 5.32 Å². The molecule has 3 atom stereocenters. The highest BCUT2D eigenvalue weighted by Gasteiger charge is 2.30. The fourth-order valence-corrected chi connectivity index (χ4v) is 4.80. The largest absolute Gasteiger partial charge is 0.391 e. The van der Waals surface area contributed by atoms with E-state index < -0.39 is 12.2 Å². The number of halogens is 1. The number of fused-ring (bicyclic) bond motifs is 5. The van der Waals surface area contributed by atoms with Gasteiger partial charge in [-0.2, -0.15) is 0 Å². The van der Waals surface area contributed by atoms with E-state index in [9.17, 15) is 10.2 Å². The average Bonchev–Trinajstić information content (AvgIpc) is 3.00. The molecule has 3 N–H and O–H groups in total. The summed E-state index contributed by atoms with van der Waals surface area (Å²) in [6.45, 7) is 0.635. The highest BCUT2D eigenvalue weighted by molar-refractivity contribution is 6.20. The Labute approximate surface area is 176 Å². The molecule has 152 valence electrons. The van der Waals surface area contributed by atoms with Crippen LogP contribution in [0.25, 0.3) is 32.6 Å². The number of aryl methyl sites for hydroxylation is 1. The summed E-state index contributed by atoms with van der Waals surface area (Å²) in [4.78, 5) is 0. The maximum atomic E-state index is 10.2. The average molecular weight is 411 g/mol. The second-order valence-corrected chi connectivity index (χ2v) is 8.06. The summed E-state index contributed by atoms with van der Waals surface area (Å²) in [6.07, 6.45) is 1.43. The van der Waals surface area contributed by atoms with Crippen molar-refractivity contribution in [3.8, 4) is 0 Å². The van der Waals surface area contributed by atoms with Gasteiger partial charge in [0.1, 0.15) is 0 Å². The van der Waals surface area contributed by atoms with E-state index in [0.29, 0.717) is 6.54 Å². The molecule has 1 aromatic heterocycles. The van der Waals surface area contributed by atoms with Gasteiger partial charge in [0.2, 0.25) is 0 Å². The molecule has 29 heavy (non-hydrogen) atoms. The molecular formula is C24H27ClN2O2. The number of rotatable bonds is 3. The van der Waals surface area contributed by atoms with Crippen molar-refractivity contribution < 1.29 is 10.2 Å². The molecule has 1 fully saturated rings. The molecule has 5 rings (SSSR count). The Balaban J connectivity index is 0.00000205. The third-order valence-corrected chi connectivity index (χ3v) is 6.33. The van der Waals surface area contributed by atoms with Gasteiger partial charge >= 0.3 is 0 Å². The summed E-state index contributed by atoms with van der Waals surface area (Å²) in [5.41, 5.74) is 3.61. The molecular weight excluding hydrogens is 384 g/mol. The molecule has 3 aromatic carbocycles. The third-order valence-electron chi connectivity index (χ3n) is 6.33. The van der Waals surface area contributed by atoms with Crippen molar-refractivity contribution in [2.24, 2.45) is 7.05 Å². The lowest BCUT2D eigenvalue weighted by molar-refractivity contribution is 0.000878. The van der Waals surface area contributed by atoms with E-state index in [2.05, 4.69) is 71.5 Å². The summed E-state index contributed by atoms with van der Waals surface area (Å²) in [7, 11) is 2.12. The standard InChI is InChI=1S/C24H26N2O2.ClH/c1-26-19-11-9-15(14-25-24-21(27)7-4-8-22(24)28)13-18(19)23-17-6-3-2-5-16(17)10-12-20(23)26;/h2-3,5-6,9-13,21-22,24-25,27-28H,4,7-8,14H2,1H3;1H/t21-,22+,24?;. The van der Waals surface area contributed by atoms with Crippen molar-refractivity contribution in [3.05, 3.63) is 60.2 Å². The number of nitrogens with one attached hydrogen (secondary N) is 1. The first-order valence-electron chi connectivity index (χ1n) is 10.1. The molecule has 0 spiro atoms. The van der Waals surface area contributed by atoms with E-state index in [1.807, 2.05) is 0 Å². The van der Waals surface area contributed by atoms with Crippen LogP contribution in [0.3, 0.4) is 0 Å². The van der Waals surface area contributed by atoms with Crippen LogP contribution in [0.2, 0.25) is 0 Å². The Kier molecular flexibility index (Phi) is 5.54. The zero-order valence-electron chi connectivity index (χ0n) is 16.5. The van der Waals surface area contributed by atoms with Crippen molar-refractivity contribution in [1.29, 1.82) is 0 Å². The number of aliphatic hydroxyl groups is 2. The Morgan fingerprint density at radius 1 is 0.931 bits per heavy atom. The van der Waals surface area contributed by atoms with E-state index in [4.69, 9.17) is 0 Å². The van der Waals surface area contributed by atoms with Crippen molar-refractivity contribution >= 4 is 45.0 Å². The molecule has 5 heteroatoms. The fraction of sp³-hybridized carbons (Fsp3) is 0.333. The van der Waals surface area contributed by atoms with Gasteiger partial charge < -0.3 is 20.1 Å². The van der Waals surface area contributed by atoms with Gasteiger partial charge in [-0.15, -0.1) is 12.4 Å². The van der Waals surface area contributed by atoms with Gasteiger partial charge in [0.15, 0.2) is 0 Å². The lowest BCUT2D eigenvalue weighted by atomic mass is 9.90. The molecule has 0 saturated heterocycles. The van der Waals surface area contributed by atoms with Gasteiger partial charge in [-0.3, -0.25) is 0 Å². The Hall–Kier alpha value is -2.11. The van der Waals surface area contributed by atoms with Crippen LogP contribution in [0.5, 0.6) is 0 Å². The molecule has 1 saturated carbocycles. The number of aliphatic hydroxyl groups excluding tert-OH is 2. The number of hydrogen-bond acceptors (Lipinski definition) is 3. The van der Waals surface area contributed by atoms with E-state index in [1.165, 1.54) is 32.6 Å². The first-order chi connectivity index (χ1) is 13.6. The minimum absolute atomic E-state index is 0. The second kappa shape index (κ2) is 7.96. The molecule has 1 aliphatic carbocycles. The smallest absolute Gasteiger partial charge is 0.0718 e. The maximum Gasteiger partial charge on any atom is 0.0718 e. The lowest BCUT2D eigenvalue weighted by Gasteiger charge is -2.33. The van der Waals surface area contributed by atoms with E-state index >= 15 is 0 Å². The zero-order valence-corrected chi connectivity index (χ0v) is 17.3. The summed E-state index contributed by atoms with van der Waals surface area (Å²) in [5.74, 6) is 0. The molecule has 0 aliphatic heterocycles. The fourth-order valence-electron chi connectivity index (χ4n) is 4.80. The van der Waals surface area contributed by atoms with Crippen LogP contribution in [0.15, 0.2) is 54.6 Å². The van der Waals surface area contributed by atoms with Crippen LogP contribution in [-0.2, 0) is 13.6 Å². The van der Waals surface area contributed by atoms with Gasteiger partial charge in [0.25, 0.3) is 0 Å². The highest BCUT2D eigenvalue weighted by Crippen LogP contribution is 2.34. The summed E-state index contributed by atoms with van der Waals surface area (Å²) in [5, 5.41) is 28.9. The predicted octanol–water partition coefficient (Wildman–Crippen LogP) is 4.27.